The molecular formula is C20H25N5. The molecule has 1 saturated carbocycles. The molecule has 1 saturated heterocycles. The molecule has 0 bridgehead atoms. The second-order valence-corrected chi connectivity index (χ2v) is 7.67. The van der Waals surface area contributed by atoms with Crippen LogP contribution in [0.25, 0.3) is 11.0 Å². The number of hydrogen-bond donors (Lipinski definition) is 1. The molecule has 1 aliphatic heterocycles. The van der Waals surface area contributed by atoms with E-state index in [2.05, 4.69) is 57.2 Å². The molecule has 130 valence electrons. The molecule has 5 nitrogen and oxygen atoms in total. The number of piperidine rings is 1. The molecule has 3 aromatic rings. The van der Waals surface area contributed by atoms with Crippen molar-refractivity contribution in [2.75, 3.05) is 13.1 Å². The third kappa shape index (κ3) is 2.86. The Balaban J connectivity index is 1.34. The fourth-order valence-corrected chi connectivity index (χ4v) is 4.33. The molecule has 2 fully saturated rings. The van der Waals surface area contributed by atoms with Crippen LogP contribution in [0.5, 0.6) is 0 Å². The zero-order valence-electron chi connectivity index (χ0n) is 14.8. The van der Waals surface area contributed by atoms with Crippen LogP contribution < -0.4 is 0 Å². The molecule has 1 unspecified atom stereocenters. The first-order chi connectivity index (χ1) is 12.3. The molecule has 5 heteroatoms. The summed E-state index contributed by atoms with van der Waals surface area (Å²) < 4.78 is 2.09. The lowest BCUT2D eigenvalue weighted by Crippen LogP contribution is -2.34. The van der Waals surface area contributed by atoms with Crippen molar-refractivity contribution in [1.29, 1.82) is 0 Å². The second-order valence-electron chi connectivity index (χ2n) is 7.67. The zero-order chi connectivity index (χ0) is 16.8. The maximum absolute atomic E-state index is 4.84. The van der Waals surface area contributed by atoms with Crippen LogP contribution in [-0.2, 0) is 13.6 Å². The summed E-state index contributed by atoms with van der Waals surface area (Å²) in [4.78, 5) is 11.0. The highest BCUT2D eigenvalue weighted by Gasteiger charge is 2.31. The summed E-state index contributed by atoms with van der Waals surface area (Å²) in [7, 11) is 2.09. The number of aromatic amines is 1. The number of para-hydroxylation sites is 2. The average molecular weight is 335 g/mol. The Hall–Kier alpha value is -2.14. The molecular weight excluding hydrogens is 310 g/mol. The van der Waals surface area contributed by atoms with E-state index in [1.807, 2.05) is 0 Å². The number of aromatic nitrogens is 4. The number of benzene rings is 1. The van der Waals surface area contributed by atoms with Crippen molar-refractivity contribution in [1.82, 2.24) is 24.6 Å². The largest absolute Gasteiger partial charge is 0.342 e. The molecule has 0 radical (unpaired) electrons. The van der Waals surface area contributed by atoms with Gasteiger partial charge < -0.3 is 4.98 Å². The minimum absolute atomic E-state index is 0.502. The smallest absolute Gasteiger partial charge is 0.111 e. The lowest BCUT2D eigenvalue weighted by Gasteiger charge is -2.31. The SMILES string of the molecule is Cn1ncc(CN2CCCC(c3nc4ccccc4[nH]3)C2)c1C1CC1. The number of H-pyrrole nitrogens is 1. The maximum atomic E-state index is 4.84. The van der Waals surface area contributed by atoms with Gasteiger partial charge in [-0.25, -0.2) is 4.98 Å². The predicted molar refractivity (Wildman–Crippen MR) is 98.5 cm³/mol. The topological polar surface area (TPSA) is 49.7 Å². The van der Waals surface area contributed by atoms with E-state index in [4.69, 9.17) is 4.98 Å². The van der Waals surface area contributed by atoms with Crippen molar-refractivity contribution in [3.05, 3.63) is 47.5 Å². The van der Waals surface area contributed by atoms with Gasteiger partial charge in [-0.3, -0.25) is 9.58 Å². The number of imidazole rings is 1. The van der Waals surface area contributed by atoms with Gasteiger partial charge in [0.2, 0.25) is 0 Å². The maximum Gasteiger partial charge on any atom is 0.111 e. The number of aryl methyl sites for hydroxylation is 1. The highest BCUT2D eigenvalue weighted by molar-refractivity contribution is 5.74. The van der Waals surface area contributed by atoms with E-state index in [0.29, 0.717) is 5.92 Å². The van der Waals surface area contributed by atoms with Crippen LogP contribution in [0.2, 0.25) is 0 Å². The number of likely N-dealkylation sites (tertiary alicyclic amines) is 1. The third-order valence-electron chi connectivity index (χ3n) is 5.72. The molecule has 5 rings (SSSR count). The van der Waals surface area contributed by atoms with E-state index in [9.17, 15) is 0 Å². The Kier molecular flexibility index (Phi) is 3.63. The molecule has 0 amide bonds. The van der Waals surface area contributed by atoms with E-state index < -0.39 is 0 Å². The van der Waals surface area contributed by atoms with Gasteiger partial charge in [0.05, 0.1) is 17.2 Å². The van der Waals surface area contributed by atoms with E-state index in [1.54, 1.807) is 0 Å². The van der Waals surface area contributed by atoms with Gasteiger partial charge in [-0.2, -0.15) is 5.10 Å². The molecule has 1 N–H and O–H groups in total. The van der Waals surface area contributed by atoms with Crippen molar-refractivity contribution in [2.24, 2.45) is 7.05 Å². The number of nitrogens with zero attached hydrogens (tertiary/aromatic N) is 4. The van der Waals surface area contributed by atoms with Gasteiger partial charge in [0.1, 0.15) is 5.82 Å². The Bertz CT molecular complexity index is 856. The molecule has 3 heterocycles. The summed E-state index contributed by atoms with van der Waals surface area (Å²) in [5, 5.41) is 4.52. The van der Waals surface area contributed by atoms with Crippen LogP contribution in [0.3, 0.4) is 0 Å². The van der Waals surface area contributed by atoms with Crippen LogP contribution in [0.15, 0.2) is 30.5 Å². The van der Waals surface area contributed by atoms with Gasteiger partial charge in [0.25, 0.3) is 0 Å². The second kappa shape index (κ2) is 5.99. The number of nitrogens with one attached hydrogen (secondary N) is 1. The third-order valence-corrected chi connectivity index (χ3v) is 5.72. The highest BCUT2D eigenvalue weighted by Crippen LogP contribution is 2.41. The first-order valence-corrected chi connectivity index (χ1v) is 9.45. The van der Waals surface area contributed by atoms with E-state index in [0.717, 1.165) is 35.9 Å². The van der Waals surface area contributed by atoms with Crippen LogP contribution in [0, 0.1) is 0 Å². The molecule has 25 heavy (non-hydrogen) atoms. The van der Waals surface area contributed by atoms with Gasteiger partial charge in [-0.05, 0) is 44.4 Å². The van der Waals surface area contributed by atoms with E-state index in [1.165, 1.54) is 43.5 Å². The van der Waals surface area contributed by atoms with Gasteiger partial charge in [-0.1, -0.05) is 12.1 Å². The standard InChI is InChI=1S/C20H25N5/c1-24-19(14-8-9-14)16(11-21-24)13-25-10-4-5-15(12-25)20-22-17-6-2-3-7-18(17)23-20/h2-3,6-7,11,14-15H,4-5,8-10,12-13H2,1H3,(H,22,23). The average Bonchev–Trinajstić information content (AvgIpc) is 3.26. The Morgan fingerprint density at radius 3 is 2.88 bits per heavy atom. The lowest BCUT2D eigenvalue weighted by atomic mass is 9.97. The normalized spacial score (nSPS) is 21.9. The Morgan fingerprint density at radius 2 is 2.04 bits per heavy atom. The van der Waals surface area contributed by atoms with Gasteiger partial charge in [0.15, 0.2) is 0 Å². The van der Waals surface area contributed by atoms with Crippen LogP contribution in [0.1, 0.15) is 54.6 Å². The minimum Gasteiger partial charge on any atom is -0.342 e. The van der Waals surface area contributed by atoms with Crippen molar-refractivity contribution in [2.45, 2.75) is 44.1 Å². The fourth-order valence-electron chi connectivity index (χ4n) is 4.33. The predicted octanol–water partition coefficient (Wildman–Crippen LogP) is 3.55. The number of fused-ring (bicyclic) bond motifs is 1. The summed E-state index contributed by atoms with van der Waals surface area (Å²) in [5.41, 5.74) is 5.12. The molecule has 1 aromatic carbocycles. The number of rotatable bonds is 4. The quantitative estimate of drug-likeness (QED) is 0.793. The molecule has 2 aromatic heterocycles. The molecule has 1 atom stereocenters. The van der Waals surface area contributed by atoms with Crippen LogP contribution in [0.4, 0.5) is 0 Å². The lowest BCUT2D eigenvalue weighted by molar-refractivity contribution is 0.196. The molecule has 1 aliphatic carbocycles. The van der Waals surface area contributed by atoms with Crippen molar-refractivity contribution < 1.29 is 0 Å². The van der Waals surface area contributed by atoms with Crippen molar-refractivity contribution >= 4 is 11.0 Å². The summed E-state index contributed by atoms with van der Waals surface area (Å²) in [6.45, 7) is 3.28. The van der Waals surface area contributed by atoms with E-state index >= 15 is 0 Å². The Morgan fingerprint density at radius 1 is 1.16 bits per heavy atom. The fraction of sp³-hybridized carbons (Fsp3) is 0.500. The van der Waals surface area contributed by atoms with Gasteiger partial charge in [-0.15, -0.1) is 0 Å². The monoisotopic (exact) mass is 335 g/mol. The summed E-state index contributed by atoms with van der Waals surface area (Å²) >= 11 is 0. The Labute approximate surface area is 148 Å². The summed E-state index contributed by atoms with van der Waals surface area (Å²) in [6.07, 6.45) is 7.19. The molecule has 2 aliphatic rings. The van der Waals surface area contributed by atoms with Crippen LogP contribution in [-0.4, -0.2) is 37.7 Å². The molecule has 0 spiro atoms. The summed E-state index contributed by atoms with van der Waals surface area (Å²) in [6, 6.07) is 8.33. The zero-order valence-corrected chi connectivity index (χ0v) is 14.8. The first kappa shape index (κ1) is 15.1. The van der Waals surface area contributed by atoms with Crippen molar-refractivity contribution in [3.8, 4) is 0 Å². The minimum atomic E-state index is 0.502. The van der Waals surface area contributed by atoms with E-state index in [-0.39, 0.29) is 0 Å². The number of hydrogen-bond acceptors (Lipinski definition) is 3. The van der Waals surface area contributed by atoms with Crippen LogP contribution >= 0.6 is 0 Å². The van der Waals surface area contributed by atoms with Crippen molar-refractivity contribution in [3.63, 3.8) is 0 Å². The first-order valence-electron chi connectivity index (χ1n) is 9.45. The van der Waals surface area contributed by atoms with Gasteiger partial charge in [0, 0.05) is 43.2 Å². The highest BCUT2D eigenvalue weighted by atomic mass is 15.3. The summed E-state index contributed by atoms with van der Waals surface area (Å²) in [5.74, 6) is 2.40. The van der Waals surface area contributed by atoms with Gasteiger partial charge >= 0.3 is 0 Å².